The molecule has 0 saturated carbocycles. The number of hydrogen-bond donors (Lipinski definition) is 2. The van der Waals surface area contributed by atoms with Crippen molar-refractivity contribution in [3.63, 3.8) is 0 Å². The molecule has 6 heteroatoms. The molecule has 2 fully saturated rings. The Morgan fingerprint density at radius 1 is 1.25 bits per heavy atom. The number of benzene rings is 1. The molecule has 1 aromatic carbocycles. The number of H-pyrrole nitrogens is 1. The standard InChI is InChI=1S/C18H21N3O3/c22-13-6-8-21-16(9-13)18(24)20(11-17(21)23)7-5-12-10-19-15-4-2-1-3-14(12)15/h1-4,10,13,16,19,22H,5-9,11H2/t13-,16+/m1/s1. The van der Waals surface area contributed by atoms with Gasteiger partial charge in [0.1, 0.15) is 6.04 Å². The van der Waals surface area contributed by atoms with Crippen LogP contribution in [0.2, 0.25) is 0 Å². The van der Waals surface area contributed by atoms with E-state index in [4.69, 9.17) is 0 Å². The van der Waals surface area contributed by atoms with E-state index in [-0.39, 0.29) is 18.4 Å². The summed E-state index contributed by atoms with van der Waals surface area (Å²) < 4.78 is 0. The Kier molecular flexibility index (Phi) is 3.76. The fourth-order valence-corrected chi connectivity index (χ4v) is 3.81. The maximum absolute atomic E-state index is 12.7. The van der Waals surface area contributed by atoms with Gasteiger partial charge in [0.2, 0.25) is 11.8 Å². The molecule has 2 saturated heterocycles. The van der Waals surface area contributed by atoms with E-state index in [0.29, 0.717) is 32.4 Å². The van der Waals surface area contributed by atoms with Crippen molar-refractivity contribution in [2.75, 3.05) is 19.6 Å². The number of carbonyl (C=O) groups is 2. The van der Waals surface area contributed by atoms with Crippen LogP contribution < -0.4 is 0 Å². The van der Waals surface area contributed by atoms with Gasteiger partial charge < -0.3 is 19.9 Å². The highest BCUT2D eigenvalue weighted by atomic mass is 16.3. The van der Waals surface area contributed by atoms with Gasteiger partial charge in [0, 0.05) is 36.6 Å². The first kappa shape index (κ1) is 15.2. The summed E-state index contributed by atoms with van der Waals surface area (Å²) in [6.45, 7) is 1.15. The van der Waals surface area contributed by atoms with Crippen molar-refractivity contribution >= 4 is 22.7 Å². The van der Waals surface area contributed by atoms with Crippen molar-refractivity contribution in [1.29, 1.82) is 0 Å². The fraction of sp³-hybridized carbons (Fsp3) is 0.444. The van der Waals surface area contributed by atoms with Crippen LogP contribution in [0.15, 0.2) is 30.5 Å². The maximum atomic E-state index is 12.7. The number of rotatable bonds is 3. The monoisotopic (exact) mass is 327 g/mol. The molecule has 1 aromatic heterocycles. The second-order valence-corrected chi connectivity index (χ2v) is 6.65. The summed E-state index contributed by atoms with van der Waals surface area (Å²) in [6.07, 6.45) is 3.10. The number of aromatic nitrogens is 1. The van der Waals surface area contributed by atoms with Crippen molar-refractivity contribution in [2.24, 2.45) is 0 Å². The molecule has 24 heavy (non-hydrogen) atoms. The molecule has 4 rings (SSSR count). The quantitative estimate of drug-likeness (QED) is 0.879. The van der Waals surface area contributed by atoms with Crippen LogP contribution in [0.4, 0.5) is 0 Å². The molecule has 2 amide bonds. The van der Waals surface area contributed by atoms with Gasteiger partial charge in [-0.1, -0.05) is 18.2 Å². The summed E-state index contributed by atoms with van der Waals surface area (Å²) in [5.41, 5.74) is 2.23. The largest absolute Gasteiger partial charge is 0.393 e. The van der Waals surface area contributed by atoms with Crippen molar-refractivity contribution in [1.82, 2.24) is 14.8 Å². The Morgan fingerprint density at radius 3 is 2.96 bits per heavy atom. The van der Waals surface area contributed by atoms with E-state index in [0.717, 1.165) is 16.5 Å². The molecule has 2 N–H and O–H groups in total. The van der Waals surface area contributed by atoms with E-state index in [1.54, 1.807) is 9.80 Å². The predicted molar refractivity (Wildman–Crippen MR) is 89.3 cm³/mol. The maximum Gasteiger partial charge on any atom is 0.245 e. The van der Waals surface area contributed by atoms with Crippen LogP contribution in [0, 0.1) is 0 Å². The van der Waals surface area contributed by atoms with Crippen LogP contribution in [0.1, 0.15) is 18.4 Å². The van der Waals surface area contributed by atoms with Crippen LogP contribution in [0.25, 0.3) is 10.9 Å². The summed E-state index contributed by atoms with van der Waals surface area (Å²) in [5.74, 6) is -0.0429. The zero-order valence-electron chi connectivity index (χ0n) is 13.4. The molecule has 0 aliphatic carbocycles. The lowest BCUT2D eigenvalue weighted by atomic mass is 9.96. The molecule has 0 spiro atoms. The third-order valence-electron chi connectivity index (χ3n) is 5.14. The van der Waals surface area contributed by atoms with Gasteiger partial charge in [0.05, 0.1) is 12.6 Å². The van der Waals surface area contributed by atoms with Gasteiger partial charge in [-0.05, 0) is 24.5 Å². The molecule has 0 unspecified atom stereocenters. The van der Waals surface area contributed by atoms with Gasteiger partial charge in [-0.15, -0.1) is 0 Å². The first-order chi connectivity index (χ1) is 11.6. The zero-order valence-corrected chi connectivity index (χ0v) is 13.4. The van der Waals surface area contributed by atoms with Gasteiger partial charge in [0.25, 0.3) is 0 Å². The van der Waals surface area contributed by atoms with Crippen LogP contribution in [0.3, 0.4) is 0 Å². The molecule has 0 radical (unpaired) electrons. The number of nitrogens with zero attached hydrogens (tertiary/aromatic N) is 2. The number of aliphatic hydroxyl groups is 1. The third kappa shape index (κ3) is 2.57. The number of nitrogens with one attached hydrogen (secondary N) is 1. The van der Waals surface area contributed by atoms with Crippen molar-refractivity contribution < 1.29 is 14.7 Å². The number of hydrogen-bond acceptors (Lipinski definition) is 3. The lowest BCUT2D eigenvalue weighted by Crippen LogP contribution is -2.63. The van der Waals surface area contributed by atoms with E-state index in [1.165, 1.54) is 0 Å². The van der Waals surface area contributed by atoms with Crippen molar-refractivity contribution in [3.8, 4) is 0 Å². The summed E-state index contributed by atoms with van der Waals surface area (Å²) in [5, 5.41) is 11.0. The molecule has 0 bridgehead atoms. The number of piperidine rings is 1. The zero-order chi connectivity index (χ0) is 16.7. The number of aromatic amines is 1. The van der Waals surface area contributed by atoms with Gasteiger partial charge in [-0.25, -0.2) is 0 Å². The Balaban J connectivity index is 1.48. The molecule has 2 aliphatic heterocycles. The Morgan fingerprint density at radius 2 is 2.08 bits per heavy atom. The van der Waals surface area contributed by atoms with Crippen molar-refractivity contribution in [2.45, 2.75) is 31.4 Å². The van der Waals surface area contributed by atoms with Crippen LogP contribution in [-0.4, -0.2) is 63.5 Å². The molecular formula is C18H21N3O3. The van der Waals surface area contributed by atoms with E-state index in [1.807, 2.05) is 24.4 Å². The first-order valence-electron chi connectivity index (χ1n) is 8.45. The lowest BCUT2D eigenvalue weighted by Gasteiger charge is -2.44. The van der Waals surface area contributed by atoms with Crippen LogP contribution in [-0.2, 0) is 16.0 Å². The molecule has 126 valence electrons. The number of fused-ring (bicyclic) bond motifs is 2. The molecule has 2 aliphatic rings. The second-order valence-electron chi connectivity index (χ2n) is 6.65. The van der Waals surface area contributed by atoms with Crippen LogP contribution >= 0.6 is 0 Å². The number of piperazine rings is 1. The minimum Gasteiger partial charge on any atom is -0.393 e. The Labute approximate surface area is 140 Å². The molecule has 3 heterocycles. The predicted octanol–water partition coefficient (Wildman–Crippen LogP) is 0.904. The summed E-state index contributed by atoms with van der Waals surface area (Å²) >= 11 is 0. The van der Waals surface area contributed by atoms with E-state index < -0.39 is 12.1 Å². The van der Waals surface area contributed by atoms with Gasteiger partial charge in [0.15, 0.2) is 0 Å². The highest BCUT2D eigenvalue weighted by molar-refractivity contribution is 5.95. The van der Waals surface area contributed by atoms with Crippen molar-refractivity contribution in [3.05, 3.63) is 36.0 Å². The van der Waals surface area contributed by atoms with E-state index in [9.17, 15) is 14.7 Å². The smallest absolute Gasteiger partial charge is 0.245 e. The van der Waals surface area contributed by atoms with Gasteiger partial charge in [-0.3, -0.25) is 9.59 Å². The molecule has 6 nitrogen and oxygen atoms in total. The SMILES string of the molecule is O=C1[C@@H]2C[C@H](O)CCN2C(=O)CN1CCc1c[nH]c2ccccc12. The van der Waals surface area contributed by atoms with Gasteiger partial charge >= 0.3 is 0 Å². The Bertz CT molecular complexity index is 785. The summed E-state index contributed by atoms with van der Waals surface area (Å²) in [6, 6.07) is 7.58. The second kappa shape index (κ2) is 5.94. The fourth-order valence-electron chi connectivity index (χ4n) is 3.81. The van der Waals surface area contributed by atoms with E-state index >= 15 is 0 Å². The average molecular weight is 327 g/mol. The minimum atomic E-state index is -0.489. The summed E-state index contributed by atoms with van der Waals surface area (Å²) in [4.78, 5) is 31.5. The number of amides is 2. The van der Waals surface area contributed by atoms with Crippen LogP contribution in [0.5, 0.6) is 0 Å². The highest BCUT2D eigenvalue weighted by Crippen LogP contribution is 2.24. The molecule has 2 aromatic rings. The first-order valence-corrected chi connectivity index (χ1v) is 8.45. The number of aliphatic hydroxyl groups excluding tert-OH is 1. The van der Waals surface area contributed by atoms with Gasteiger partial charge in [-0.2, -0.15) is 0 Å². The van der Waals surface area contributed by atoms with E-state index in [2.05, 4.69) is 11.1 Å². The summed E-state index contributed by atoms with van der Waals surface area (Å²) in [7, 11) is 0. The minimum absolute atomic E-state index is 0.00886. The molecule has 2 atom stereocenters. The molecular weight excluding hydrogens is 306 g/mol. The average Bonchev–Trinajstić information content (AvgIpc) is 3.00. The Hall–Kier alpha value is -2.34. The third-order valence-corrected chi connectivity index (χ3v) is 5.14. The number of carbonyl (C=O) groups excluding carboxylic acids is 2. The lowest BCUT2D eigenvalue weighted by molar-refractivity contribution is -0.160. The normalized spacial score (nSPS) is 24.5. The number of para-hydroxylation sites is 1. The topological polar surface area (TPSA) is 76.6 Å². The highest BCUT2D eigenvalue weighted by Gasteiger charge is 2.42.